The third-order valence-electron chi connectivity index (χ3n) is 4.35. The van der Waals surface area contributed by atoms with E-state index in [4.69, 9.17) is 0 Å². The minimum absolute atomic E-state index is 0.0360. The highest BCUT2D eigenvalue weighted by atomic mass is 32.2. The molecule has 2 heterocycles. The van der Waals surface area contributed by atoms with Gasteiger partial charge >= 0.3 is 0 Å². The van der Waals surface area contributed by atoms with Gasteiger partial charge in [0.1, 0.15) is 0 Å². The molecule has 0 aromatic heterocycles. The molecule has 20 heavy (non-hydrogen) atoms. The Morgan fingerprint density at radius 2 is 1.85 bits per heavy atom. The number of hydrogen-bond acceptors (Lipinski definition) is 4. The Morgan fingerprint density at radius 1 is 1.25 bits per heavy atom. The predicted molar refractivity (Wildman–Crippen MR) is 75.6 cm³/mol. The van der Waals surface area contributed by atoms with E-state index in [0.29, 0.717) is 39.0 Å². The monoisotopic (exact) mass is 304 g/mol. The van der Waals surface area contributed by atoms with Crippen molar-refractivity contribution in [3.63, 3.8) is 0 Å². The number of rotatable bonds is 2. The molecule has 2 aliphatic heterocycles. The van der Waals surface area contributed by atoms with Crippen molar-refractivity contribution in [1.82, 2.24) is 9.21 Å². The Labute approximate surface area is 120 Å². The molecular weight excluding hydrogens is 280 g/mol. The molecule has 1 N–H and O–H groups in total. The summed E-state index contributed by atoms with van der Waals surface area (Å²) in [5, 5.41) is 9.91. The number of hydrogen-bond donors (Lipinski definition) is 1. The maximum atomic E-state index is 12.5. The smallest absolute Gasteiger partial charge is 0.227 e. The Hall–Kier alpha value is -0.660. The normalized spacial score (nSPS) is 28.4. The minimum atomic E-state index is -3.22. The van der Waals surface area contributed by atoms with Crippen LogP contribution in [0.1, 0.15) is 32.6 Å². The van der Waals surface area contributed by atoms with Crippen molar-refractivity contribution in [3.05, 3.63) is 0 Å². The first kappa shape index (κ1) is 15.7. The fourth-order valence-corrected chi connectivity index (χ4v) is 3.82. The first-order chi connectivity index (χ1) is 9.19. The highest BCUT2D eigenvalue weighted by Crippen LogP contribution is 2.25. The van der Waals surface area contributed by atoms with Gasteiger partial charge in [-0.05, 0) is 32.6 Å². The van der Waals surface area contributed by atoms with Gasteiger partial charge in [0.25, 0.3) is 0 Å². The lowest BCUT2D eigenvalue weighted by Crippen LogP contribution is -2.50. The third kappa shape index (κ3) is 3.71. The maximum Gasteiger partial charge on any atom is 0.227 e. The number of sulfonamides is 1. The lowest BCUT2D eigenvalue weighted by Gasteiger charge is -2.39. The molecule has 7 heteroatoms. The molecular formula is C13H24N2O4S. The molecule has 2 rings (SSSR count). The second-order valence-electron chi connectivity index (χ2n) is 6.28. The van der Waals surface area contributed by atoms with Crippen LogP contribution in [0.15, 0.2) is 0 Å². The van der Waals surface area contributed by atoms with Crippen LogP contribution >= 0.6 is 0 Å². The van der Waals surface area contributed by atoms with Crippen LogP contribution in [0.3, 0.4) is 0 Å². The Morgan fingerprint density at radius 3 is 2.40 bits per heavy atom. The molecule has 0 aliphatic carbocycles. The number of aliphatic hydroxyl groups is 1. The largest absolute Gasteiger partial charge is 0.390 e. The van der Waals surface area contributed by atoms with Crippen molar-refractivity contribution in [1.29, 1.82) is 0 Å². The number of amides is 1. The fraction of sp³-hybridized carbons (Fsp3) is 0.923. The minimum Gasteiger partial charge on any atom is -0.390 e. The van der Waals surface area contributed by atoms with Crippen molar-refractivity contribution in [2.45, 2.75) is 38.2 Å². The van der Waals surface area contributed by atoms with Crippen molar-refractivity contribution < 1.29 is 18.3 Å². The molecule has 0 aromatic rings. The standard InChI is InChI=1S/C13H24N2O4S/c1-13(17)5-8-14(9-6-13)12(16)11-4-3-7-15(10-11)20(2,18)19/h11,17H,3-10H2,1-2H3. The van der Waals surface area contributed by atoms with Gasteiger partial charge in [-0.3, -0.25) is 4.79 Å². The summed E-state index contributed by atoms with van der Waals surface area (Å²) in [4.78, 5) is 14.2. The van der Waals surface area contributed by atoms with Gasteiger partial charge < -0.3 is 10.0 Å². The van der Waals surface area contributed by atoms with Crippen molar-refractivity contribution >= 4 is 15.9 Å². The number of carbonyl (C=O) groups is 1. The molecule has 1 atom stereocenters. The molecule has 0 radical (unpaired) electrons. The molecule has 1 unspecified atom stereocenters. The van der Waals surface area contributed by atoms with Gasteiger partial charge in [0.15, 0.2) is 0 Å². The maximum absolute atomic E-state index is 12.5. The molecule has 116 valence electrons. The molecule has 2 aliphatic rings. The predicted octanol–water partition coefficient (Wildman–Crippen LogP) is 0.0314. The number of piperidine rings is 2. The molecule has 0 spiro atoms. The molecule has 0 aromatic carbocycles. The highest BCUT2D eigenvalue weighted by molar-refractivity contribution is 7.88. The summed E-state index contributed by atoms with van der Waals surface area (Å²) < 4.78 is 24.6. The van der Waals surface area contributed by atoms with Crippen LogP contribution < -0.4 is 0 Å². The van der Waals surface area contributed by atoms with Crippen LogP contribution in [0.2, 0.25) is 0 Å². The number of likely N-dealkylation sites (tertiary alicyclic amines) is 1. The van der Waals surface area contributed by atoms with E-state index in [0.717, 1.165) is 12.8 Å². The summed E-state index contributed by atoms with van der Waals surface area (Å²) in [5.41, 5.74) is -0.678. The van der Waals surface area contributed by atoms with E-state index in [1.54, 1.807) is 11.8 Å². The van der Waals surface area contributed by atoms with Crippen LogP contribution in [0.5, 0.6) is 0 Å². The van der Waals surface area contributed by atoms with Crippen molar-refractivity contribution in [2.24, 2.45) is 5.92 Å². The third-order valence-corrected chi connectivity index (χ3v) is 5.62. The van der Waals surface area contributed by atoms with Crippen LogP contribution in [-0.2, 0) is 14.8 Å². The second-order valence-corrected chi connectivity index (χ2v) is 8.26. The fourth-order valence-electron chi connectivity index (χ4n) is 2.91. The molecule has 6 nitrogen and oxygen atoms in total. The highest BCUT2D eigenvalue weighted by Gasteiger charge is 2.35. The Kier molecular flexibility index (Phi) is 4.41. The number of nitrogens with zero attached hydrogens (tertiary/aromatic N) is 2. The van der Waals surface area contributed by atoms with Crippen LogP contribution in [-0.4, -0.2) is 66.7 Å². The van der Waals surface area contributed by atoms with Crippen LogP contribution in [0.4, 0.5) is 0 Å². The summed E-state index contributed by atoms with van der Waals surface area (Å²) in [6, 6.07) is 0. The van der Waals surface area contributed by atoms with Crippen molar-refractivity contribution in [2.75, 3.05) is 32.4 Å². The van der Waals surface area contributed by atoms with Gasteiger partial charge in [-0.25, -0.2) is 12.7 Å². The molecule has 2 saturated heterocycles. The second kappa shape index (κ2) is 5.61. The zero-order valence-electron chi connectivity index (χ0n) is 12.2. The van der Waals surface area contributed by atoms with E-state index in [-0.39, 0.29) is 11.8 Å². The Balaban J connectivity index is 1.96. The van der Waals surface area contributed by atoms with E-state index in [1.165, 1.54) is 10.6 Å². The summed E-state index contributed by atoms with van der Waals surface area (Å²) in [7, 11) is -3.22. The van der Waals surface area contributed by atoms with E-state index < -0.39 is 15.6 Å². The summed E-state index contributed by atoms with van der Waals surface area (Å²) >= 11 is 0. The van der Waals surface area contributed by atoms with E-state index >= 15 is 0 Å². The lowest BCUT2D eigenvalue weighted by molar-refractivity contribution is -0.140. The topological polar surface area (TPSA) is 77.9 Å². The van der Waals surface area contributed by atoms with E-state index in [2.05, 4.69) is 0 Å². The zero-order valence-corrected chi connectivity index (χ0v) is 13.0. The molecule has 2 fully saturated rings. The zero-order chi connectivity index (χ0) is 15.0. The summed E-state index contributed by atoms with van der Waals surface area (Å²) in [5.74, 6) is -0.199. The first-order valence-electron chi connectivity index (χ1n) is 7.15. The molecule has 0 saturated carbocycles. The SMILES string of the molecule is CC1(O)CCN(C(=O)C2CCCN(S(C)(=O)=O)C2)CC1. The van der Waals surface area contributed by atoms with Gasteiger partial charge in [-0.2, -0.15) is 0 Å². The average molecular weight is 304 g/mol. The first-order valence-corrected chi connectivity index (χ1v) is 9.00. The van der Waals surface area contributed by atoms with Crippen molar-refractivity contribution in [3.8, 4) is 0 Å². The lowest BCUT2D eigenvalue weighted by atomic mass is 9.91. The van der Waals surface area contributed by atoms with Gasteiger partial charge in [0.05, 0.1) is 17.8 Å². The van der Waals surface area contributed by atoms with Crippen LogP contribution in [0, 0.1) is 5.92 Å². The van der Waals surface area contributed by atoms with Crippen LogP contribution in [0.25, 0.3) is 0 Å². The number of carbonyl (C=O) groups excluding carboxylic acids is 1. The Bertz CT molecular complexity index is 465. The average Bonchev–Trinajstić information content (AvgIpc) is 2.37. The van der Waals surface area contributed by atoms with E-state index in [9.17, 15) is 18.3 Å². The van der Waals surface area contributed by atoms with Gasteiger partial charge in [-0.1, -0.05) is 0 Å². The van der Waals surface area contributed by atoms with Gasteiger partial charge in [-0.15, -0.1) is 0 Å². The molecule has 0 bridgehead atoms. The summed E-state index contributed by atoms with van der Waals surface area (Å²) in [6.45, 7) is 3.71. The van der Waals surface area contributed by atoms with Gasteiger partial charge in [0.2, 0.25) is 15.9 Å². The summed E-state index contributed by atoms with van der Waals surface area (Å²) in [6.07, 6.45) is 3.84. The van der Waals surface area contributed by atoms with Gasteiger partial charge in [0, 0.05) is 26.2 Å². The quantitative estimate of drug-likeness (QED) is 0.781. The molecule has 1 amide bonds. The van der Waals surface area contributed by atoms with E-state index in [1.807, 2.05) is 0 Å².